The first kappa shape index (κ1) is 19.1. The fourth-order valence-corrected chi connectivity index (χ4v) is 2.96. The van der Waals surface area contributed by atoms with Crippen LogP contribution in [0.15, 0.2) is 54.7 Å². The highest BCUT2D eigenvalue weighted by molar-refractivity contribution is 6.32. The summed E-state index contributed by atoms with van der Waals surface area (Å²) in [6.07, 6.45) is 2.62. The summed E-state index contributed by atoms with van der Waals surface area (Å²) in [4.78, 5) is 19.1. The molecule has 0 bridgehead atoms. The number of benzene rings is 2. The fourth-order valence-electron chi connectivity index (χ4n) is 2.73. The zero-order valence-electron chi connectivity index (χ0n) is 15.4. The molecule has 0 unspecified atom stereocenters. The Bertz CT molecular complexity index is 926. The number of halogens is 1. The minimum absolute atomic E-state index is 0.249. The number of hydrogen-bond donors (Lipinski definition) is 1. The number of amides is 1. The summed E-state index contributed by atoms with van der Waals surface area (Å²) in [5.74, 6) is 0.530. The summed E-state index contributed by atoms with van der Waals surface area (Å²) in [6, 6.07) is 14.5. The molecule has 0 aliphatic rings. The second kappa shape index (κ2) is 8.84. The van der Waals surface area contributed by atoms with Crippen LogP contribution in [0.25, 0.3) is 10.9 Å². The van der Waals surface area contributed by atoms with Gasteiger partial charge in [-0.25, -0.2) is 0 Å². The Morgan fingerprint density at radius 2 is 1.96 bits per heavy atom. The number of pyridine rings is 1. The lowest BCUT2D eigenvalue weighted by molar-refractivity contribution is 0.102. The summed E-state index contributed by atoms with van der Waals surface area (Å²) in [6.45, 7) is 1.64. The molecule has 27 heavy (non-hydrogen) atoms. The third-order valence-electron chi connectivity index (χ3n) is 4.04. The van der Waals surface area contributed by atoms with Crippen molar-refractivity contribution in [1.82, 2.24) is 9.88 Å². The highest BCUT2D eigenvalue weighted by Crippen LogP contribution is 2.24. The van der Waals surface area contributed by atoms with E-state index in [1.165, 1.54) is 0 Å². The molecule has 6 heteroatoms. The highest BCUT2D eigenvalue weighted by Gasteiger charge is 2.13. The van der Waals surface area contributed by atoms with Crippen LogP contribution < -0.4 is 10.1 Å². The molecule has 0 aliphatic heterocycles. The quantitative estimate of drug-likeness (QED) is 0.611. The standard InChI is InChI=1S/C21H22ClN3O2/c1-25(2)11-4-12-27-18-8-6-17(7-9-18)24-21(26)19-14-16(22)13-15-5-3-10-23-20(15)19/h3,5-10,13-14H,4,11-12H2,1-2H3,(H,24,26). The van der Waals surface area contributed by atoms with Gasteiger partial charge in [-0.3, -0.25) is 9.78 Å². The smallest absolute Gasteiger partial charge is 0.257 e. The van der Waals surface area contributed by atoms with Gasteiger partial charge in [-0.15, -0.1) is 0 Å². The molecule has 0 spiro atoms. The Kier molecular flexibility index (Phi) is 6.27. The van der Waals surface area contributed by atoms with Gasteiger partial charge in [0.1, 0.15) is 5.75 Å². The molecule has 1 heterocycles. The molecule has 3 rings (SSSR count). The van der Waals surface area contributed by atoms with Gasteiger partial charge < -0.3 is 15.0 Å². The van der Waals surface area contributed by atoms with E-state index in [1.54, 1.807) is 18.3 Å². The van der Waals surface area contributed by atoms with Crippen molar-refractivity contribution in [2.45, 2.75) is 6.42 Å². The number of nitrogens with zero attached hydrogens (tertiary/aromatic N) is 2. The molecule has 0 fully saturated rings. The molecule has 0 saturated carbocycles. The summed E-state index contributed by atoms with van der Waals surface area (Å²) < 4.78 is 5.71. The first-order chi connectivity index (χ1) is 13.0. The average Bonchev–Trinajstić information content (AvgIpc) is 2.65. The van der Waals surface area contributed by atoms with Crippen molar-refractivity contribution < 1.29 is 9.53 Å². The number of carbonyl (C=O) groups is 1. The van der Waals surface area contributed by atoms with E-state index >= 15 is 0 Å². The van der Waals surface area contributed by atoms with Gasteiger partial charge in [-0.1, -0.05) is 17.7 Å². The van der Waals surface area contributed by atoms with E-state index in [-0.39, 0.29) is 5.91 Å². The summed E-state index contributed by atoms with van der Waals surface area (Å²) in [5, 5.41) is 4.22. The van der Waals surface area contributed by atoms with Crippen LogP contribution in [0, 0.1) is 0 Å². The van der Waals surface area contributed by atoms with Gasteiger partial charge in [0.2, 0.25) is 0 Å². The molecule has 1 N–H and O–H groups in total. The first-order valence-corrected chi connectivity index (χ1v) is 9.14. The maximum absolute atomic E-state index is 12.7. The lowest BCUT2D eigenvalue weighted by atomic mass is 10.1. The number of fused-ring (bicyclic) bond motifs is 1. The van der Waals surface area contributed by atoms with Gasteiger partial charge in [-0.05, 0) is 63.0 Å². The molecule has 140 valence electrons. The number of nitrogens with one attached hydrogen (secondary N) is 1. The summed E-state index contributed by atoms with van der Waals surface area (Å²) >= 11 is 6.14. The van der Waals surface area contributed by atoms with Crippen molar-refractivity contribution in [2.75, 3.05) is 32.6 Å². The van der Waals surface area contributed by atoms with Crippen LogP contribution in [0.1, 0.15) is 16.8 Å². The van der Waals surface area contributed by atoms with Crippen molar-refractivity contribution in [3.05, 3.63) is 65.3 Å². The zero-order chi connectivity index (χ0) is 19.2. The van der Waals surface area contributed by atoms with Crippen molar-refractivity contribution in [2.24, 2.45) is 0 Å². The van der Waals surface area contributed by atoms with Gasteiger partial charge in [-0.2, -0.15) is 0 Å². The van der Waals surface area contributed by atoms with E-state index in [0.717, 1.165) is 24.1 Å². The van der Waals surface area contributed by atoms with E-state index in [4.69, 9.17) is 16.3 Å². The first-order valence-electron chi connectivity index (χ1n) is 8.76. The number of aromatic nitrogens is 1. The van der Waals surface area contributed by atoms with E-state index in [2.05, 4.69) is 15.2 Å². The Labute approximate surface area is 163 Å². The number of ether oxygens (including phenoxy) is 1. The average molecular weight is 384 g/mol. The Morgan fingerprint density at radius 3 is 2.70 bits per heavy atom. The minimum Gasteiger partial charge on any atom is -0.494 e. The molecular formula is C21H22ClN3O2. The van der Waals surface area contributed by atoms with E-state index in [1.807, 2.05) is 50.5 Å². The second-order valence-corrected chi connectivity index (χ2v) is 6.95. The third kappa shape index (κ3) is 5.18. The van der Waals surface area contributed by atoms with Gasteiger partial charge >= 0.3 is 0 Å². The number of hydrogen-bond acceptors (Lipinski definition) is 4. The minimum atomic E-state index is -0.249. The number of carbonyl (C=O) groups excluding carboxylic acids is 1. The van der Waals surface area contributed by atoms with E-state index < -0.39 is 0 Å². The lowest BCUT2D eigenvalue weighted by Gasteiger charge is -2.11. The van der Waals surface area contributed by atoms with Crippen LogP contribution in [0.4, 0.5) is 5.69 Å². The van der Waals surface area contributed by atoms with Gasteiger partial charge in [0, 0.05) is 28.8 Å². The predicted molar refractivity (Wildman–Crippen MR) is 110 cm³/mol. The summed E-state index contributed by atoms with van der Waals surface area (Å²) in [7, 11) is 4.08. The molecule has 1 aromatic heterocycles. The van der Waals surface area contributed by atoms with Crippen LogP contribution in [-0.4, -0.2) is 43.0 Å². The monoisotopic (exact) mass is 383 g/mol. The molecule has 0 atom stereocenters. The van der Waals surface area contributed by atoms with E-state index in [0.29, 0.717) is 28.4 Å². The zero-order valence-corrected chi connectivity index (χ0v) is 16.2. The molecule has 5 nitrogen and oxygen atoms in total. The fraction of sp³-hybridized carbons (Fsp3) is 0.238. The van der Waals surface area contributed by atoms with Crippen molar-refractivity contribution in [3.63, 3.8) is 0 Å². The van der Waals surface area contributed by atoms with Crippen molar-refractivity contribution in [3.8, 4) is 5.75 Å². The second-order valence-electron chi connectivity index (χ2n) is 6.51. The van der Waals surface area contributed by atoms with Gasteiger partial charge in [0.25, 0.3) is 5.91 Å². The SMILES string of the molecule is CN(C)CCCOc1ccc(NC(=O)c2cc(Cl)cc3cccnc23)cc1. The van der Waals surface area contributed by atoms with Crippen LogP contribution in [0.3, 0.4) is 0 Å². The predicted octanol–water partition coefficient (Wildman–Crippen LogP) is 4.47. The Morgan fingerprint density at radius 1 is 1.19 bits per heavy atom. The molecule has 0 saturated heterocycles. The number of anilines is 1. The molecule has 3 aromatic rings. The largest absolute Gasteiger partial charge is 0.494 e. The van der Waals surface area contributed by atoms with Crippen LogP contribution >= 0.6 is 11.6 Å². The molecular weight excluding hydrogens is 362 g/mol. The lowest BCUT2D eigenvalue weighted by Crippen LogP contribution is -2.15. The molecule has 2 aromatic carbocycles. The van der Waals surface area contributed by atoms with Gasteiger partial charge in [0.15, 0.2) is 0 Å². The number of rotatable bonds is 7. The normalized spacial score (nSPS) is 11.0. The topological polar surface area (TPSA) is 54.5 Å². The Balaban J connectivity index is 1.66. The maximum Gasteiger partial charge on any atom is 0.257 e. The van der Waals surface area contributed by atoms with E-state index in [9.17, 15) is 4.79 Å². The third-order valence-corrected chi connectivity index (χ3v) is 4.26. The maximum atomic E-state index is 12.7. The van der Waals surface area contributed by atoms with Crippen LogP contribution in [0.5, 0.6) is 5.75 Å². The summed E-state index contributed by atoms with van der Waals surface area (Å²) in [5.41, 5.74) is 1.76. The molecule has 0 aliphatic carbocycles. The molecule has 1 amide bonds. The molecule has 0 radical (unpaired) electrons. The van der Waals surface area contributed by atoms with Crippen molar-refractivity contribution >= 4 is 34.1 Å². The van der Waals surface area contributed by atoms with Gasteiger partial charge in [0.05, 0.1) is 17.7 Å². The highest BCUT2D eigenvalue weighted by atomic mass is 35.5. The Hall–Kier alpha value is -2.63. The van der Waals surface area contributed by atoms with Crippen LogP contribution in [-0.2, 0) is 0 Å². The van der Waals surface area contributed by atoms with Crippen LogP contribution in [0.2, 0.25) is 5.02 Å². The van der Waals surface area contributed by atoms with Crippen molar-refractivity contribution in [1.29, 1.82) is 0 Å².